The Morgan fingerprint density at radius 1 is 1.27 bits per heavy atom. The number of nitrogens with one attached hydrogen (secondary N) is 2. The van der Waals surface area contributed by atoms with E-state index in [1.165, 1.54) is 25.7 Å². The average Bonchev–Trinajstić information content (AvgIpc) is 3.01. The predicted molar refractivity (Wildman–Crippen MR) is 105 cm³/mol. The Morgan fingerprint density at radius 3 is 2.59 bits per heavy atom. The van der Waals surface area contributed by atoms with Crippen molar-refractivity contribution in [2.24, 2.45) is 4.99 Å². The molecule has 2 N–H and O–H groups in total. The van der Waals surface area contributed by atoms with Gasteiger partial charge in [0.15, 0.2) is 5.96 Å². The van der Waals surface area contributed by atoms with Crippen LogP contribution >= 0.6 is 24.0 Å². The molecule has 1 fully saturated rings. The molecule has 1 unspecified atom stereocenters. The minimum atomic E-state index is -0.970. The Kier molecular flexibility index (Phi) is 9.70. The molecular formula is C16H26IN3OS. The third kappa shape index (κ3) is 6.64. The third-order valence-electron chi connectivity index (χ3n) is 3.59. The summed E-state index contributed by atoms with van der Waals surface area (Å²) >= 11 is 0. The summed E-state index contributed by atoms with van der Waals surface area (Å²) in [5.74, 6) is 1.42. The summed E-state index contributed by atoms with van der Waals surface area (Å²) in [5.41, 5.74) is 0. The molecule has 22 heavy (non-hydrogen) atoms. The van der Waals surface area contributed by atoms with Crippen molar-refractivity contribution in [3.63, 3.8) is 0 Å². The lowest BCUT2D eigenvalue weighted by molar-refractivity contribution is 0.614. The van der Waals surface area contributed by atoms with Crippen molar-refractivity contribution < 1.29 is 4.21 Å². The molecule has 0 amide bonds. The first-order valence-corrected chi connectivity index (χ1v) is 9.09. The Morgan fingerprint density at radius 2 is 1.95 bits per heavy atom. The Bertz CT molecular complexity index is 476. The van der Waals surface area contributed by atoms with Gasteiger partial charge in [-0.05, 0) is 31.9 Å². The zero-order valence-electron chi connectivity index (χ0n) is 13.1. The number of guanidine groups is 1. The molecule has 1 aliphatic carbocycles. The van der Waals surface area contributed by atoms with Crippen LogP contribution in [0.1, 0.15) is 32.6 Å². The standard InChI is InChI=1S/C16H25N3OS.HI/c1-2-17-16(19-14-8-6-7-9-14)18-12-13-21(20)15-10-4-3-5-11-15;/h3-5,10-11,14H,2,6-9,12-13H2,1H3,(H2,17,18,19);1H. The molecular weight excluding hydrogens is 409 g/mol. The first-order chi connectivity index (χ1) is 10.3. The lowest BCUT2D eigenvalue weighted by Crippen LogP contribution is -2.42. The highest BCUT2D eigenvalue weighted by Crippen LogP contribution is 2.17. The van der Waals surface area contributed by atoms with E-state index in [4.69, 9.17) is 0 Å². The van der Waals surface area contributed by atoms with Gasteiger partial charge in [-0.3, -0.25) is 9.20 Å². The summed E-state index contributed by atoms with van der Waals surface area (Å²) in [4.78, 5) is 5.42. The molecule has 0 aliphatic heterocycles. The van der Waals surface area contributed by atoms with E-state index < -0.39 is 10.8 Å². The van der Waals surface area contributed by atoms with Crippen LogP contribution in [0.15, 0.2) is 40.2 Å². The molecule has 0 aromatic heterocycles. The van der Waals surface area contributed by atoms with E-state index in [2.05, 4.69) is 22.5 Å². The molecule has 1 aromatic rings. The first kappa shape index (κ1) is 19.4. The molecule has 1 aromatic carbocycles. The highest BCUT2D eigenvalue weighted by Gasteiger charge is 2.15. The van der Waals surface area contributed by atoms with Crippen molar-refractivity contribution in [1.29, 1.82) is 0 Å². The Hall–Kier alpha value is -0.630. The van der Waals surface area contributed by atoms with E-state index >= 15 is 0 Å². The highest BCUT2D eigenvalue weighted by molar-refractivity contribution is 14.0. The van der Waals surface area contributed by atoms with Crippen molar-refractivity contribution in [3.05, 3.63) is 30.3 Å². The zero-order chi connectivity index (χ0) is 14.9. The minimum Gasteiger partial charge on any atom is -0.357 e. The van der Waals surface area contributed by atoms with Crippen LogP contribution in [0.2, 0.25) is 0 Å². The van der Waals surface area contributed by atoms with Crippen molar-refractivity contribution in [2.45, 2.75) is 43.5 Å². The molecule has 1 atom stereocenters. The SMILES string of the molecule is CCNC(=NCCS(=O)c1ccccc1)NC1CCCC1.I. The fourth-order valence-corrected chi connectivity index (χ4v) is 3.47. The van der Waals surface area contributed by atoms with Gasteiger partial charge in [-0.1, -0.05) is 31.0 Å². The van der Waals surface area contributed by atoms with Crippen LogP contribution in [0.25, 0.3) is 0 Å². The molecule has 0 saturated heterocycles. The van der Waals surface area contributed by atoms with Crippen LogP contribution in [0, 0.1) is 0 Å². The molecule has 0 heterocycles. The van der Waals surface area contributed by atoms with E-state index in [-0.39, 0.29) is 24.0 Å². The maximum Gasteiger partial charge on any atom is 0.191 e. The number of rotatable bonds is 6. The first-order valence-electron chi connectivity index (χ1n) is 7.78. The number of hydrogen-bond acceptors (Lipinski definition) is 2. The van der Waals surface area contributed by atoms with Crippen molar-refractivity contribution in [1.82, 2.24) is 10.6 Å². The monoisotopic (exact) mass is 435 g/mol. The second kappa shape index (κ2) is 11.0. The Balaban J connectivity index is 0.00000242. The van der Waals surface area contributed by atoms with Crippen LogP contribution in [-0.2, 0) is 10.8 Å². The molecule has 4 nitrogen and oxygen atoms in total. The van der Waals surface area contributed by atoms with Gasteiger partial charge in [-0.2, -0.15) is 0 Å². The molecule has 0 bridgehead atoms. The van der Waals surface area contributed by atoms with Gasteiger partial charge in [0.1, 0.15) is 0 Å². The summed E-state index contributed by atoms with van der Waals surface area (Å²) < 4.78 is 12.1. The van der Waals surface area contributed by atoms with Crippen molar-refractivity contribution in [2.75, 3.05) is 18.8 Å². The van der Waals surface area contributed by atoms with Crippen LogP contribution in [0.3, 0.4) is 0 Å². The lowest BCUT2D eigenvalue weighted by Gasteiger charge is -2.16. The summed E-state index contributed by atoms with van der Waals surface area (Å²) in [6.07, 6.45) is 5.05. The number of halogens is 1. The topological polar surface area (TPSA) is 53.5 Å². The van der Waals surface area contributed by atoms with Crippen LogP contribution in [-0.4, -0.2) is 35.1 Å². The van der Waals surface area contributed by atoms with Gasteiger partial charge in [-0.25, -0.2) is 0 Å². The Labute approximate surface area is 153 Å². The van der Waals surface area contributed by atoms with Crippen LogP contribution in [0.5, 0.6) is 0 Å². The van der Waals surface area contributed by atoms with Crippen LogP contribution < -0.4 is 10.6 Å². The van der Waals surface area contributed by atoms with Crippen molar-refractivity contribution in [3.8, 4) is 0 Å². The quantitative estimate of drug-likeness (QED) is 0.411. The highest BCUT2D eigenvalue weighted by atomic mass is 127. The molecule has 1 saturated carbocycles. The molecule has 2 rings (SSSR count). The molecule has 0 spiro atoms. The zero-order valence-corrected chi connectivity index (χ0v) is 16.2. The summed E-state index contributed by atoms with van der Waals surface area (Å²) in [5, 5.41) is 6.73. The largest absolute Gasteiger partial charge is 0.357 e. The maximum atomic E-state index is 12.1. The molecule has 6 heteroatoms. The number of hydrogen-bond donors (Lipinski definition) is 2. The lowest BCUT2D eigenvalue weighted by atomic mass is 10.2. The van der Waals surface area contributed by atoms with E-state index in [0.717, 1.165) is 17.4 Å². The fraction of sp³-hybridized carbons (Fsp3) is 0.562. The van der Waals surface area contributed by atoms with Gasteiger partial charge >= 0.3 is 0 Å². The normalized spacial score (nSPS) is 16.9. The van der Waals surface area contributed by atoms with E-state index in [0.29, 0.717) is 18.3 Å². The molecule has 1 aliphatic rings. The molecule has 0 radical (unpaired) electrons. The maximum absolute atomic E-state index is 12.1. The molecule has 124 valence electrons. The average molecular weight is 435 g/mol. The van der Waals surface area contributed by atoms with Gasteiger partial charge < -0.3 is 10.6 Å². The number of aliphatic imine (C=N–C) groups is 1. The smallest absolute Gasteiger partial charge is 0.191 e. The second-order valence-corrected chi connectivity index (χ2v) is 6.82. The van der Waals surface area contributed by atoms with Gasteiger partial charge in [0.2, 0.25) is 0 Å². The minimum absolute atomic E-state index is 0. The summed E-state index contributed by atoms with van der Waals surface area (Å²) in [6.45, 7) is 3.48. The van der Waals surface area contributed by atoms with E-state index in [1.807, 2.05) is 30.3 Å². The van der Waals surface area contributed by atoms with Gasteiger partial charge in [-0.15, -0.1) is 24.0 Å². The third-order valence-corrected chi connectivity index (χ3v) is 4.94. The number of benzene rings is 1. The van der Waals surface area contributed by atoms with Crippen LogP contribution in [0.4, 0.5) is 0 Å². The second-order valence-electron chi connectivity index (χ2n) is 5.25. The fourth-order valence-electron chi connectivity index (χ4n) is 2.51. The number of nitrogens with zero attached hydrogens (tertiary/aromatic N) is 1. The van der Waals surface area contributed by atoms with Gasteiger partial charge in [0.25, 0.3) is 0 Å². The van der Waals surface area contributed by atoms with Gasteiger partial charge in [0.05, 0.1) is 17.3 Å². The van der Waals surface area contributed by atoms with Crippen molar-refractivity contribution >= 4 is 40.7 Å². The predicted octanol–water partition coefficient (Wildman–Crippen LogP) is 2.91. The van der Waals surface area contributed by atoms with E-state index in [1.54, 1.807) is 0 Å². The van der Waals surface area contributed by atoms with Gasteiger partial charge in [0, 0.05) is 23.2 Å². The summed E-state index contributed by atoms with van der Waals surface area (Å²) in [7, 11) is -0.970. The van der Waals surface area contributed by atoms with E-state index in [9.17, 15) is 4.21 Å². The summed E-state index contributed by atoms with van der Waals surface area (Å²) in [6, 6.07) is 10.1.